The van der Waals surface area contributed by atoms with Gasteiger partial charge in [-0.1, -0.05) is 0 Å². The third-order valence-electron chi connectivity index (χ3n) is 2.53. The van der Waals surface area contributed by atoms with Crippen molar-refractivity contribution in [1.82, 2.24) is 9.97 Å². The molecule has 1 heterocycles. The second-order valence-corrected chi connectivity index (χ2v) is 4.24. The van der Waals surface area contributed by atoms with Crippen molar-refractivity contribution in [2.24, 2.45) is 0 Å². The molecule has 0 aromatic carbocycles. The Hall–Kier alpha value is -1.39. The molecule has 2 N–H and O–H groups in total. The van der Waals surface area contributed by atoms with Crippen LogP contribution in [-0.2, 0) is 0 Å². The Bertz CT molecular complexity index is 341. The number of aromatic nitrogens is 2. The molecule has 1 aromatic heterocycles. The van der Waals surface area contributed by atoms with Gasteiger partial charge < -0.3 is 10.6 Å². The summed E-state index contributed by atoms with van der Waals surface area (Å²) in [6.07, 6.45) is 4.56. The summed E-state index contributed by atoms with van der Waals surface area (Å²) in [5, 5.41) is 6.25. The minimum absolute atomic E-state index is 0.403. The third kappa shape index (κ3) is 2.34. The number of halogens is 1. The highest BCUT2D eigenvalue weighted by Gasteiger charge is 2.24. The van der Waals surface area contributed by atoms with E-state index in [9.17, 15) is 4.39 Å². The summed E-state index contributed by atoms with van der Waals surface area (Å²) in [6.45, 7) is 0. The van der Waals surface area contributed by atoms with Crippen LogP contribution in [0.1, 0.15) is 25.7 Å². The van der Waals surface area contributed by atoms with Crippen molar-refractivity contribution in [3.8, 4) is 0 Å². The van der Waals surface area contributed by atoms with Crippen molar-refractivity contribution >= 4 is 11.8 Å². The number of nitrogens with one attached hydrogen (secondary N) is 2. The molecule has 3 rings (SSSR count). The van der Waals surface area contributed by atoms with Crippen molar-refractivity contribution in [2.45, 2.75) is 37.8 Å². The van der Waals surface area contributed by atoms with Gasteiger partial charge in [0.05, 0.1) is 0 Å². The first-order chi connectivity index (χ1) is 7.29. The summed E-state index contributed by atoms with van der Waals surface area (Å²) in [4.78, 5) is 7.93. The molecule has 0 amide bonds. The van der Waals surface area contributed by atoms with Gasteiger partial charge in [0, 0.05) is 18.2 Å². The molecule has 0 unspecified atom stereocenters. The second kappa shape index (κ2) is 3.32. The van der Waals surface area contributed by atoms with Crippen molar-refractivity contribution in [2.75, 3.05) is 10.6 Å². The molecule has 0 bridgehead atoms. The highest BCUT2D eigenvalue weighted by molar-refractivity contribution is 5.42. The van der Waals surface area contributed by atoms with Crippen LogP contribution in [0.2, 0.25) is 0 Å². The largest absolute Gasteiger partial charge is 0.367 e. The predicted molar refractivity (Wildman–Crippen MR) is 55.3 cm³/mol. The van der Waals surface area contributed by atoms with Gasteiger partial charge in [0.1, 0.15) is 5.82 Å². The first-order valence-corrected chi connectivity index (χ1v) is 5.37. The molecule has 0 aliphatic heterocycles. The quantitative estimate of drug-likeness (QED) is 0.740. The molecule has 0 atom stereocenters. The molecule has 2 aliphatic carbocycles. The van der Waals surface area contributed by atoms with Crippen molar-refractivity contribution in [3.05, 3.63) is 12.0 Å². The lowest BCUT2D eigenvalue weighted by Crippen LogP contribution is -2.10. The van der Waals surface area contributed by atoms with Crippen LogP contribution in [0.5, 0.6) is 0 Å². The standard InChI is InChI=1S/C10H13FN4/c11-8-5-9(12-6-1-2-6)15-10(14-8)13-7-3-4-7/h5-7H,1-4H2,(H2,12,13,14,15). The van der Waals surface area contributed by atoms with Gasteiger partial charge in [0.25, 0.3) is 0 Å². The van der Waals surface area contributed by atoms with Gasteiger partial charge in [-0.05, 0) is 25.7 Å². The lowest BCUT2D eigenvalue weighted by molar-refractivity contribution is 0.581. The van der Waals surface area contributed by atoms with Crippen molar-refractivity contribution < 1.29 is 4.39 Å². The van der Waals surface area contributed by atoms with E-state index in [1.165, 1.54) is 6.07 Å². The molecule has 0 radical (unpaired) electrons. The summed E-state index contributed by atoms with van der Waals surface area (Å²) < 4.78 is 13.1. The van der Waals surface area contributed by atoms with Gasteiger partial charge in [0.2, 0.25) is 11.9 Å². The minimum atomic E-state index is -0.476. The molecular formula is C10H13FN4. The van der Waals surface area contributed by atoms with Gasteiger partial charge in [-0.2, -0.15) is 14.4 Å². The molecule has 0 saturated heterocycles. The van der Waals surface area contributed by atoms with E-state index >= 15 is 0 Å². The summed E-state index contributed by atoms with van der Waals surface area (Å²) in [5.74, 6) is 0.519. The highest BCUT2D eigenvalue weighted by Crippen LogP contribution is 2.26. The van der Waals surface area contributed by atoms with E-state index in [4.69, 9.17) is 0 Å². The Kier molecular flexibility index (Phi) is 1.97. The average Bonchev–Trinajstić information content (AvgIpc) is 2.98. The zero-order valence-electron chi connectivity index (χ0n) is 8.33. The van der Waals surface area contributed by atoms with Gasteiger partial charge >= 0.3 is 0 Å². The second-order valence-electron chi connectivity index (χ2n) is 4.24. The van der Waals surface area contributed by atoms with Crippen LogP contribution in [0.3, 0.4) is 0 Å². The molecule has 2 saturated carbocycles. The molecule has 80 valence electrons. The van der Waals surface area contributed by atoms with E-state index in [1.54, 1.807) is 0 Å². The Labute approximate surface area is 87.3 Å². The van der Waals surface area contributed by atoms with Crippen LogP contribution in [0.4, 0.5) is 16.2 Å². The van der Waals surface area contributed by atoms with E-state index in [-0.39, 0.29) is 0 Å². The Morgan fingerprint density at radius 1 is 1.07 bits per heavy atom. The van der Waals surface area contributed by atoms with E-state index in [0.29, 0.717) is 23.8 Å². The van der Waals surface area contributed by atoms with Crippen LogP contribution >= 0.6 is 0 Å². The maximum Gasteiger partial charge on any atom is 0.227 e. The van der Waals surface area contributed by atoms with Crippen LogP contribution < -0.4 is 10.6 Å². The van der Waals surface area contributed by atoms with Crippen LogP contribution in [0.25, 0.3) is 0 Å². The molecular weight excluding hydrogens is 195 g/mol. The Balaban J connectivity index is 1.76. The number of rotatable bonds is 4. The number of hydrogen-bond donors (Lipinski definition) is 2. The van der Waals surface area contributed by atoms with E-state index < -0.39 is 5.95 Å². The van der Waals surface area contributed by atoms with Gasteiger partial charge in [0.15, 0.2) is 0 Å². The summed E-state index contributed by atoms with van der Waals surface area (Å²) in [6, 6.07) is 2.27. The highest BCUT2D eigenvalue weighted by atomic mass is 19.1. The molecule has 2 aliphatic rings. The van der Waals surface area contributed by atoms with Gasteiger partial charge in [-0.3, -0.25) is 0 Å². The van der Waals surface area contributed by atoms with Crippen LogP contribution in [0.15, 0.2) is 6.07 Å². The molecule has 0 spiro atoms. The first-order valence-electron chi connectivity index (χ1n) is 5.37. The number of nitrogens with zero attached hydrogens (tertiary/aromatic N) is 2. The fraction of sp³-hybridized carbons (Fsp3) is 0.600. The topological polar surface area (TPSA) is 49.8 Å². The van der Waals surface area contributed by atoms with Crippen molar-refractivity contribution in [3.63, 3.8) is 0 Å². The summed E-state index contributed by atoms with van der Waals surface area (Å²) >= 11 is 0. The lowest BCUT2D eigenvalue weighted by atomic mass is 10.5. The lowest BCUT2D eigenvalue weighted by Gasteiger charge is -2.06. The predicted octanol–water partition coefficient (Wildman–Crippen LogP) is 1.76. The smallest absolute Gasteiger partial charge is 0.227 e. The molecule has 2 fully saturated rings. The fourth-order valence-corrected chi connectivity index (χ4v) is 1.40. The zero-order chi connectivity index (χ0) is 10.3. The van der Waals surface area contributed by atoms with Crippen LogP contribution in [0, 0.1) is 5.95 Å². The van der Waals surface area contributed by atoms with Crippen LogP contribution in [-0.4, -0.2) is 22.1 Å². The minimum Gasteiger partial charge on any atom is -0.367 e. The first kappa shape index (κ1) is 8.88. The van der Waals surface area contributed by atoms with E-state index in [1.807, 2.05) is 0 Å². The summed E-state index contributed by atoms with van der Waals surface area (Å²) in [5.41, 5.74) is 0. The summed E-state index contributed by atoms with van der Waals surface area (Å²) in [7, 11) is 0. The number of anilines is 2. The SMILES string of the molecule is Fc1cc(NC2CC2)nc(NC2CC2)n1. The molecule has 1 aromatic rings. The normalized spacial score (nSPS) is 20.1. The number of hydrogen-bond acceptors (Lipinski definition) is 4. The van der Waals surface area contributed by atoms with Crippen molar-refractivity contribution in [1.29, 1.82) is 0 Å². The molecule has 4 nitrogen and oxygen atoms in total. The van der Waals surface area contributed by atoms with Gasteiger partial charge in [-0.15, -0.1) is 0 Å². The maximum absolute atomic E-state index is 13.1. The third-order valence-corrected chi connectivity index (χ3v) is 2.53. The Morgan fingerprint density at radius 2 is 1.73 bits per heavy atom. The zero-order valence-corrected chi connectivity index (χ0v) is 8.33. The Morgan fingerprint density at radius 3 is 2.40 bits per heavy atom. The average molecular weight is 208 g/mol. The molecule has 15 heavy (non-hydrogen) atoms. The van der Waals surface area contributed by atoms with Gasteiger partial charge in [-0.25, -0.2) is 0 Å². The molecule has 5 heteroatoms. The van der Waals surface area contributed by atoms with E-state index in [0.717, 1.165) is 25.7 Å². The monoisotopic (exact) mass is 208 g/mol. The van der Waals surface area contributed by atoms with E-state index in [2.05, 4.69) is 20.6 Å². The fourth-order valence-electron chi connectivity index (χ4n) is 1.40. The maximum atomic E-state index is 13.1.